The zero-order valence-corrected chi connectivity index (χ0v) is 13.6. The first kappa shape index (κ1) is 15.4. The van der Waals surface area contributed by atoms with Crippen molar-refractivity contribution in [2.24, 2.45) is 5.10 Å². The summed E-state index contributed by atoms with van der Waals surface area (Å²) in [6.45, 7) is 0.616. The maximum absolute atomic E-state index is 5.27. The van der Waals surface area contributed by atoms with Crippen molar-refractivity contribution in [3.63, 3.8) is 0 Å². The molecular weight excluding hydrogens is 332 g/mol. The molecule has 0 heterocycles. The second-order valence-corrected chi connectivity index (χ2v) is 5.25. The molecule has 4 nitrogen and oxygen atoms in total. The Morgan fingerprint density at radius 1 is 1.10 bits per heavy atom. The Kier molecular flexibility index (Phi) is 5.63. The van der Waals surface area contributed by atoms with E-state index in [0.29, 0.717) is 12.3 Å². The summed E-state index contributed by atoms with van der Waals surface area (Å²) in [5.41, 5.74) is 5.12. The van der Waals surface area contributed by atoms with Crippen LogP contribution in [0.4, 0.5) is 0 Å². The average molecular weight is 349 g/mol. The van der Waals surface area contributed by atoms with Crippen LogP contribution in [0.5, 0.6) is 11.5 Å². The molecule has 0 fully saturated rings. The van der Waals surface area contributed by atoms with Crippen molar-refractivity contribution >= 4 is 22.1 Å². The second kappa shape index (κ2) is 7.69. The Bertz CT molecular complexity index is 629. The van der Waals surface area contributed by atoms with Gasteiger partial charge < -0.3 is 14.9 Å². The first-order chi connectivity index (χ1) is 10.2. The lowest BCUT2D eigenvalue weighted by Crippen LogP contribution is -2.06. The zero-order valence-electron chi connectivity index (χ0n) is 12.0. The number of hydrogen-bond acceptors (Lipinski definition) is 4. The van der Waals surface area contributed by atoms with Gasteiger partial charge in [-0.1, -0.05) is 34.1 Å². The van der Waals surface area contributed by atoms with Crippen LogP contribution in [0.15, 0.2) is 52.0 Å². The van der Waals surface area contributed by atoms with Gasteiger partial charge in [-0.2, -0.15) is 5.10 Å². The van der Waals surface area contributed by atoms with Crippen LogP contribution in [0.1, 0.15) is 11.1 Å². The molecule has 2 rings (SSSR count). The van der Waals surface area contributed by atoms with E-state index in [9.17, 15) is 0 Å². The van der Waals surface area contributed by atoms with E-state index >= 15 is 0 Å². The Morgan fingerprint density at radius 2 is 1.90 bits per heavy atom. The van der Waals surface area contributed by atoms with Crippen LogP contribution in [0, 0.1) is 0 Å². The van der Waals surface area contributed by atoms with Crippen LogP contribution >= 0.6 is 15.9 Å². The lowest BCUT2D eigenvalue weighted by Gasteiger charge is -2.09. The van der Waals surface area contributed by atoms with E-state index in [2.05, 4.69) is 26.5 Å². The van der Waals surface area contributed by atoms with Crippen LogP contribution < -0.4 is 14.9 Å². The van der Waals surface area contributed by atoms with Gasteiger partial charge in [-0.05, 0) is 35.4 Å². The molecule has 0 bridgehead atoms. The Labute approximate surface area is 132 Å². The largest absolute Gasteiger partial charge is 0.493 e. The van der Waals surface area contributed by atoms with Crippen LogP contribution in [0.2, 0.25) is 0 Å². The highest BCUT2D eigenvalue weighted by molar-refractivity contribution is 9.10. The topological polar surface area (TPSA) is 42.8 Å². The van der Waals surface area contributed by atoms with Crippen molar-refractivity contribution in [1.29, 1.82) is 0 Å². The maximum atomic E-state index is 5.27. The lowest BCUT2D eigenvalue weighted by molar-refractivity contribution is 0.354. The monoisotopic (exact) mass is 348 g/mol. The van der Waals surface area contributed by atoms with E-state index in [1.54, 1.807) is 20.4 Å². The standard InChI is InChI=1S/C16H17BrN2O2/c1-20-15-7-6-13(9-16(15)21-2)11-19-18-10-12-4-3-5-14(17)8-12/h3-10,19H,11H2,1-2H3/b18-10+. The number of benzene rings is 2. The molecule has 0 aliphatic carbocycles. The summed E-state index contributed by atoms with van der Waals surface area (Å²) in [6, 6.07) is 13.7. The summed E-state index contributed by atoms with van der Waals surface area (Å²) in [4.78, 5) is 0. The van der Waals surface area contributed by atoms with Crippen molar-refractivity contribution in [1.82, 2.24) is 5.43 Å². The number of hydrazone groups is 1. The van der Waals surface area contributed by atoms with Crippen molar-refractivity contribution in [2.75, 3.05) is 14.2 Å². The van der Waals surface area contributed by atoms with Gasteiger partial charge in [0, 0.05) is 4.47 Å². The molecule has 0 radical (unpaired) electrons. The van der Waals surface area contributed by atoms with E-state index in [-0.39, 0.29) is 0 Å². The minimum absolute atomic E-state index is 0.616. The molecule has 0 aromatic heterocycles. The number of ether oxygens (including phenoxy) is 2. The van der Waals surface area contributed by atoms with E-state index < -0.39 is 0 Å². The summed E-state index contributed by atoms with van der Waals surface area (Å²) < 4.78 is 11.5. The Balaban J connectivity index is 1.94. The molecule has 2 aromatic rings. The predicted molar refractivity (Wildman–Crippen MR) is 88.1 cm³/mol. The second-order valence-electron chi connectivity index (χ2n) is 4.34. The molecule has 0 saturated carbocycles. The van der Waals surface area contributed by atoms with Gasteiger partial charge in [0.1, 0.15) is 0 Å². The van der Waals surface area contributed by atoms with Gasteiger partial charge >= 0.3 is 0 Å². The summed E-state index contributed by atoms with van der Waals surface area (Å²) in [6.07, 6.45) is 1.78. The first-order valence-electron chi connectivity index (χ1n) is 6.45. The summed E-state index contributed by atoms with van der Waals surface area (Å²) in [7, 11) is 3.25. The number of hydrogen-bond donors (Lipinski definition) is 1. The molecule has 2 aromatic carbocycles. The van der Waals surface area contributed by atoms with E-state index in [0.717, 1.165) is 21.3 Å². The molecule has 110 valence electrons. The first-order valence-corrected chi connectivity index (χ1v) is 7.24. The summed E-state index contributed by atoms with van der Waals surface area (Å²) in [5.74, 6) is 1.44. The highest BCUT2D eigenvalue weighted by Gasteiger charge is 2.03. The third-order valence-corrected chi connectivity index (χ3v) is 3.38. The fourth-order valence-electron chi connectivity index (χ4n) is 1.83. The minimum Gasteiger partial charge on any atom is -0.493 e. The molecule has 1 N–H and O–H groups in total. The molecule has 0 atom stereocenters. The van der Waals surface area contributed by atoms with Crippen molar-refractivity contribution in [2.45, 2.75) is 6.54 Å². The number of halogens is 1. The van der Waals surface area contributed by atoms with Crippen molar-refractivity contribution in [3.8, 4) is 11.5 Å². The van der Waals surface area contributed by atoms with Gasteiger partial charge in [-0.25, -0.2) is 0 Å². The average Bonchev–Trinajstić information content (AvgIpc) is 2.51. The molecule has 0 aliphatic rings. The summed E-state index contributed by atoms with van der Waals surface area (Å²) in [5, 5.41) is 4.21. The Morgan fingerprint density at radius 3 is 2.62 bits per heavy atom. The van der Waals surface area contributed by atoms with E-state index in [1.807, 2.05) is 42.5 Å². The minimum atomic E-state index is 0.616. The third-order valence-electron chi connectivity index (χ3n) is 2.88. The highest BCUT2D eigenvalue weighted by atomic mass is 79.9. The molecule has 5 heteroatoms. The molecule has 0 aliphatic heterocycles. The molecular formula is C16H17BrN2O2. The van der Waals surface area contributed by atoms with Crippen LogP contribution in [0.25, 0.3) is 0 Å². The fourth-order valence-corrected chi connectivity index (χ4v) is 2.25. The molecule has 0 unspecified atom stereocenters. The van der Waals surface area contributed by atoms with Crippen LogP contribution in [-0.4, -0.2) is 20.4 Å². The summed E-state index contributed by atoms with van der Waals surface area (Å²) >= 11 is 3.43. The van der Waals surface area contributed by atoms with Gasteiger partial charge in [0.15, 0.2) is 11.5 Å². The molecule has 0 amide bonds. The fraction of sp³-hybridized carbons (Fsp3) is 0.188. The number of methoxy groups -OCH3 is 2. The van der Waals surface area contributed by atoms with Crippen molar-refractivity contribution in [3.05, 3.63) is 58.1 Å². The molecule has 21 heavy (non-hydrogen) atoms. The quantitative estimate of drug-likeness (QED) is 0.640. The van der Waals surface area contributed by atoms with Gasteiger partial charge in [0.25, 0.3) is 0 Å². The predicted octanol–water partition coefficient (Wildman–Crippen LogP) is 3.59. The molecule has 0 spiro atoms. The highest BCUT2D eigenvalue weighted by Crippen LogP contribution is 2.27. The molecule has 0 saturated heterocycles. The van der Waals surface area contributed by atoms with E-state index in [1.165, 1.54) is 0 Å². The van der Waals surface area contributed by atoms with Gasteiger partial charge in [0.05, 0.1) is 27.0 Å². The maximum Gasteiger partial charge on any atom is 0.161 e. The number of nitrogens with one attached hydrogen (secondary N) is 1. The SMILES string of the molecule is COc1ccc(CN/N=C/c2cccc(Br)c2)cc1OC. The van der Waals surface area contributed by atoms with Gasteiger partial charge in [0.2, 0.25) is 0 Å². The number of rotatable bonds is 6. The van der Waals surface area contributed by atoms with Crippen LogP contribution in [-0.2, 0) is 6.54 Å². The van der Waals surface area contributed by atoms with Gasteiger partial charge in [-0.3, -0.25) is 0 Å². The van der Waals surface area contributed by atoms with Crippen molar-refractivity contribution < 1.29 is 9.47 Å². The zero-order chi connectivity index (χ0) is 15.1. The number of nitrogens with zero attached hydrogens (tertiary/aromatic N) is 1. The van der Waals surface area contributed by atoms with E-state index in [4.69, 9.17) is 9.47 Å². The normalized spacial score (nSPS) is 10.6. The smallest absolute Gasteiger partial charge is 0.161 e. The lowest BCUT2D eigenvalue weighted by atomic mass is 10.2. The van der Waals surface area contributed by atoms with Crippen LogP contribution in [0.3, 0.4) is 0 Å². The Hall–Kier alpha value is -2.01. The third kappa shape index (κ3) is 4.49. The van der Waals surface area contributed by atoms with Gasteiger partial charge in [-0.15, -0.1) is 0 Å².